The Hall–Kier alpha value is -1.42. The third-order valence-electron chi connectivity index (χ3n) is 2.62. The molecule has 86 valence electrons. The zero-order valence-electron chi connectivity index (χ0n) is 9.30. The van der Waals surface area contributed by atoms with E-state index in [0.29, 0.717) is 17.3 Å². The van der Waals surface area contributed by atoms with Crippen molar-refractivity contribution in [3.8, 4) is 0 Å². The number of rotatable bonds is 2. The number of nitrogens with zero attached hydrogens (tertiary/aromatic N) is 1. The van der Waals surface area contributed by atoms with Gasteiger partial charge in [-0.25, -0.2) is 8.78 Å². The molecule has 4 heteroatoms. The first-order chi connectivity index (χ1) is 7.49. The van der Waals surface area contributed by atoms with Gasteiger partial charge in [0.05, 0.1) is 5.52 Å². The minimum atomic E-state index is -0.554. The maximum absolute atomic E-state index is 13.6. The van der Waals surface area contributed by atoms with Crippen molar-refractivity contribution in [3.63, 3.8) is 0 Å². The summed E-state index contributed by atoms with van der Waals surface area (Å²) in [6.45, 7) is 1.87. The number of hydrogen-bond acceptors (Lipinski definition) is 1. The molecule has 0 amide bonds. The van der Waals surface area contributed by atoms with E-state index in [-0.39, 0.29) is 6.04 Å². The second-order valence-electron chi connectivity index (χ2n) is 4.23. The largest absolute Gasteiger partial charge is 0.348 e. The molecule has 16 heavy (non-hydrogen) atoms. The van der Waals surface area contributed by atoms with E-state index in [4.69, 9.17) is 5.73 Å². The molecule has 2 aromatic rings. The van der Waals surface area contributed by atoms with Crippen LogP contribution in [0, 0.1) is 11.6 Å². The third-order valence-corrected chi connectivity index (χ3v) is 2.62. The summed E-state index contributed by atoms with van der Waals surface area (Å²) < 4.78 is 28.4. The molecule has 0 aliphatic rings. The van der Waals surface area contributed by atoms with Crippen LogP contribution in [-0.4, -0.2) is 10.6 Å². The number of hydrogen-bond donors (Lipinski definition) is 1. The van der Waals surface area contributed by atoms with Crippen molar-refractivity contribution in [2.24, 2.45) is 12.8 Å². The topological polar surface area (TPSA) is 30.9 Å². The molecule has 2 rings (SSSR count). The lowest BCUT2D eigenvalue weighted by atomic mass is 10.1. The van der Waals surface area contributed by atoms with Crippen LogP contribution in [0.2, 0.25) is 0 Å². The highest BCUT2D eigenvalue weighted by molar-refractivity contribution is 5.84. The van der Waals surface area contributed by atoms with Gasteiger partial charge in [-0.3, -0.25) is 0 Å². The fourth-order valence-corrected chi connectivity index (χ4v) is 2.05. The number of nitrogens with two attached hydrogens (primary N) is 1. The first-order valence-corrected chi connectivity index (χ1v) is 5.17. The van der Waals surface area contributed by atoms with Crippen LogP contribution in [0.5, 0.6) is 0 Å². The van der Waals surface area contributed by atoms with Gasteiger partial charge in [0, 0.05) is 30.7 Å². The minimum absolute atomic E-state index is 0.0306. The van der Waals surface area contributed by atoms with Gasteiger partial charge in [-0.2, -0.15) is 0 Å². The number of aryl methyl sites for hydroxylation is 1. The Morgan fingerprint density at radius 2 is 2.06 bits per heavy atom. The summed E-state index contributed by atoms with van der Waals surface area (Å²) in [5.74, 6) is -1.09. The number of fused-ring (bicyclic) bond motifs is 1. The van der Waals surface area contributed by atoms with E-state index in [1.54, 1.807) is 17.8 Å². The summed E-state index contributed by atoms with van der Waals surface area (Å²) in [5, 5.41) is 0.609. The Morgan fingerprint density at radius 1 is 1.38 bits per heavy atom. The van der Waals surface area contributed by atoms with E-state index in [2.05, 4.69) is 0 Å². The highest BCUT2D eigenvalue weighted by atomic mass is 19.1. The zero-order valence-corrected chi connectivity index (χ0v) is 9.30. The Bertz CT molecular complexity index is 529. The molecule has 0 aliphatic carbocycles. The summed E-state index contributed by atoms with van der Waals surface area (Å²) in [6.07, 6.45) is 2.41. The normalized spacial score (nSPS) is 13.3. The van der Waals surface area contributed by atoms with Crippen molar-refractivity contribution < 1.29 is 8.78 Å². The van der Waals surface area contributed by atoms with Crippen molar-refractivity contribution in [2.45, 2.75) is 19.4 Å². The highest BCUT2D eigenvalue weighted by Gasteiger charge is 2.13. The Morgan fingerprint density at radius 3 is 2.69 bits per heavy atom. The molecule has 0 saturated heterocycles. The first-order valence-electron chi connectivity index (χ1n) is 5.17. The van der Waals surface area contributed by atoms with Gasteiger partial charge in [-0.15, -0.1) is 0 Å². The van der Waals surface area contributed by atoms with Crippen molar-refractivity contribution in [3.05, 3.63) is 35.5 Å². The fraction of sp³-hybridized carbons (Fsp3) is 0.333. The van der Waals surface area contributed by atoms with E-state index < -0.39 is 11.6 Å². The van der Waals surface area contributed by atoms with Gasteiger partial charge in [-0.05, 0) is 25.0 Å². The zero-order chi connectivity index (χ0) is 11.9. The number of aromatic nitrogens is 1. The van der Waals surface area contributed by atoms with Crippen molar-refractivity contribution >= 4 is 10.9 Å². The van der Waals surface area contributed by atoms with Gasteiger partial charge in [-0.1, -0.05) is 0 Å². The van der Waals surface area contributed by atoms with Gasteiger partial charge in [0.25, 0.3) is 0 Å². The predicted octanol–water partition coefficient (Wildman–Crippen LogP) is 2.35. The second-order valence-corrected chi connectivity index (χ2v) is 4.23. The SMILES string of the molecule is C[C@@H](N)Cc1cn(C)c2c(F)cc(F)cc12. The molecule has 0 bridgehead atoms. The van der Waals surface area contributed by atoms with Crippen LogP contribution in [0.3, 0.4) is 0 Å². The summed E-state index contributed by atoms with van der Waals surface area (Å²) in [4.78, 5) is 0. The highest BCUT2D eigenvalue weighted by Crippen LogP contribution is 2.25. The van der Waals surface area contributed by atoms with Crippen molar-refractivity contribution in [1.29, 1.82) is 0 Å². The van der Waals surface area contributed by atoms with Crippen LogP contribution in [-0.2, 0) is 13.5 Å². The molecule has 2 N–H and O–H groups in total. The Kier molecular flexibility index (Phi) is 2.68. The molecule has 0 unspecified atom stereocenters. The van der Waals surface area contributed by atoms with Crippen LogP contribution < -0.4 is 5.73 Å². The standard InChI is InChI=1S/C12H14F2N2/c1-7(15)3-8-6-16(2)12-10(8)4-9(13)5-11(12)14/h4-7H,3,15H2,1-2H3/t7-/m1/s1. The number of halogens is 2. The van der Waals surface area contributed by atoms with Crippen LogP contribution in [0.25, 0.3) is 10.9 Å². The average molecular weight is 224 g/mol. The van der Waals surface area contributed by atoms with E-state index in [9.17, 15) is 8.78 Å². The van der Waals surface area contributed by atoms with Crippen LogP contribution in [0.15, 0.2) is 18.3 Å². The molecule has 0 radical (unpaired) electrons. The maximum Gasteiger partial charge on any atom is 0.150 e. The second kappa shape index (κ2) is 3.87. The lowest BCUT2D eigenvalue weighted by Crippen LogP contribution is -2.17. The minimum Gasteiger partial charge on any atom is -0.348 e. The molecule has 0 aliphatic heterocycles. The van der Waals surface area contributed by atoms with E-state index in [1.807, 2.05) is 6.92 Å². The smallest absolute Gasteiger partial charge is 0.150 e. The first kappa shape index (κ1) is 11.1. The van der Waals surface area contributed by atoms with E-state index in [0.717, 1.165) is 11.6 Å². The number of benzene rings is 1. The Balaban J connectivity index is 2.68. The molecule has 0 fully saturated rings. The molecule has 1 heterocycles. The van der Waals surface area contributed by atoms with Gasteiger partial charge < -0.3 is 10.3 Å². The molecule has 1 atom stereocenters. The quantitative estimate of drug-likeness (QED) is 0.834. The van der Waals surface area contributed by atoms with Gasteiger partial charge in [0.2, 0.25) is 0 Å². The third kappa shape index (κ3) is 1.80. The molecular formula is C12H14F2N2. The summed E-state index contributed by atoms with van der Waals surface area (Å²) in [7, 11) is 1.74. The lowest BCUT2D eigenvalue weighted by molar-refractivity contribution is 0.588. The molecule has 0 spiro atoms. The van der Waals surface area contributed by atoms with Crippen molar-refractivity contribution in [2.75, 3.05) is 0 Å². The van der Waals surface area contributed by atoms with Gasteiger partial charge in [0.15, 0.2) is 0 Å². The summed E-state index contributed by atoms with van der Waals surface area (Å²) in [6, 6.07) is 2.23. The van der Waals surface area contributed by atoms with Gasteiger partial charge >= 0.3 is 0 Å². The van der Waals surface area contributed by atoms with Crippen LogP contribution >= 0.6 is 0 Å². The predicted molar refractivity (Wildman–Crippen MR) is 60.2 cm³/mol. The molecule has 0 saturated carbocycles. The summed E-state index contributed by atoms with van der Waals surface area (Å²) in [5.41, 5.74) is 7.01. The lowest BCUT2D eigenvalue weighted by Gasteiger charge is -2.03. The van der Waals surface area contributed by atoms with Crippen molar-refractivity contribution in [1.82, 2.24) is 4.57 Å². The maximum atomic E-state index is 13.6. The molecular weight excluding hydrogens is 210 g/mol. The molecule has 1 aromatic carbocycles. The van der Waals surface area contributed by atoms with E-state index in [1.165, 1.54) is 6.07 Å². The van der Waals surface area contributed by atoms with Crippen LogP contribution in [0.4, 0.5) is 8.78 Å². The summed E-state index contributed by atoms with van der Waals surface area (Å²) >= 11 is 0. The molecule has 2 nitrogen and oxygen atoms in total. The van der Waals surface area contributed by atoms with Gasteiger partial charge in [0.1, 0.15) is 11.6 Å². The monoisotopic (exact) mass is 224 g/mol. The molecule has 1 aromatic heterocycles. The Labute approximate surface area is 92.7 Å². The average Bonchev–Trinajstić information content (AvgIpc) is 2.41. The van der Waals surface area contributed by atoms with Crippen LogP contribution in [0.1, 0.15) is 12.5 Å². The fourth-order valence-electron chi connectivity index (χ4n) is 2.05. The van der Waals surface area contributed by atoms with E-state index >= 15 is 0 Å².